The van der Waals surface area contributed by atoms with Crippen LogP contribution in [-0.4, -0.2) is 21.5 Å². The van der Waals surface area contributed by atoms with Crippen LogP contribution in [0.4, 0.5) is 5.69 Å². The van der Waals surface area contributed by atoms with E-state index >= 15 is 0 Å². The molecule has 0 unspecified atom stereocenters. The van der Waals surface area contributed by atoms with Gasteiger partial charge in [-0.25, -0.2) is 0 Å². The number of benzene rings is 1. The second-order valence-corrected chi connectivity index (χ2v) is 8.77. The Balaban J connectivity index is 1.43. The number of hydrogen-bond acceptors (Lipinski definition) is 4. The van der Waals surface area contributed by atoms with Crippen molar-refractivity contribution in [3.8, 4) is 0 Å². The molecule has 4 fully saturated rings. The summed E-state index contributed by atoms with van der Waals surface area (Å²) in [6.07, 6.45) is 7.41. The zero-order chi connectivity index (χ0) is 18.5. The van der Waals surface area contributed by atoms with E-state index < -0.39 is 10.8 Å². The van der Waals surface area contributed by atoms with Crippen molar-refractivity contribution >= 4 is 28.9 Å². The fraction of sp³-hybridized carbons (Fsp3) is 0.579. The predicted molar refractivity (Wildman–Crippen MR) is 102 cm³/mol. The van der Waals surface area contributed by atoms with Gasteiger partial charge in [-0.1, -0.05) is 6.07 Å². The zero-order valence-electron chi connectivity index (χ0n) is 14.8. The van der Waals surface area contributed by atoms with Crippen molar-refractivity contribution in [1.82, 2.24) is 10.6 Å². The van der Waals surface area contributed by atoms with Crippen LogP contribution >= 0.6 is 12.2 Å². The van der Waals surface area contributed by atoms with Gasteiger partial charge in [-0.2, -0.15) is 0 Å². The fourth-order valence-electron chi connectivity index (χ4n) is 5.66. The van der Waals surface area contributed by atoms with Crippen LogP contribution in [0.2, 0.25) is 0 Å². The van der Waals surface area contributed by atoms with E-state index in [1.165, 1.54) is 25.3 Å². The summed E-state index contributed by atoms with van der Waals surface area (Å²) in [5.74, 6) is 1.95. The molecule has 1 amide bonds. The number of aryl methyl sites for hydroxylation is 1. The van der Waals surface area contributed by atoms with Crippen molar-refractivity contribution in [3.63, 3.8) is 0 Å². The lowest BCUT2D eigenvalue weighted by atomic mass is 9.53. The van der Waals surface area contributed by atoms with E-state index in [0.29, 0.717) is 10.7 Å². The van der Waals surface area contributed by atoms with E-state index in [9.17, 15) is 14.9 Å². The van der Waals surface area contributed by atoms with Gasteiger partial charge in [0.25, 0.3) is 11.6 Å². The van der Waals surface area contributed by atoms with Gasteiger partial charge in [-0.05, 0) is 81.5 Å². The number of thiocarbonyl (C=S) groups is 1. The average Bonchev–Trinajstić information content (AvgIpc) is 2.52. The minimum absolute atomic E-state index is 0.0262. The van der Waals surface area contributed by atoms with E-state index in [1.54, 1.807) is 19.1 Å². The second kappa shape index (κ2) is 6.30. The molecule has 1 aromatic carbocycles. The van der Waals surface area contributed by atoms with Crippen LogP contribution in [0.3, 0.4) is 0 Å². The van der Waals surface area contributed by atoms with Gasteiger partial charge in [-0.3, -0.25) is 20.2 Å². The van der Waals surface area contributed by atoms with Crippen molar-refractivity contribution in [2.24, 2.45) is 17.8 Å². The molecule has 0 heterocycles. The first-order valence-electron chi connectivity index (χ1n) is 9.22. The monoisotopic (exact) mass is 373 g/mol. The molecule has 5 rings (SSSR count). The molecule has 4 aliphatic rings. The van der Waals surface area contributed by atoms with Crippen molar-refractivity contribution < 1.29 is 9.72 Å². The minimum Gasteiger partial charge on any atom is -0.357 e. The first-order valence-corrected chi connectivity index (χ1v) is 9.63. The van der Waals surface area contributed by atoms with Gasteiger partial charge in [0, 0.05) is 22.7 Å². The maximum absolute atomic E-state index is 12.5. The summed E-state index contributed by atoms with van der Waals surface area (Å²) in [6.45, 7) is 1.65. The lowest BCUT2D eigenvalue weighted by Gasteiger charge is -2.57. The molecule has 2 N–H and O–H groups in total. The quantitative estimate of drug-likeness (QED) is 0.481. The third kappa shape index (κ3) is 3.20. The summed E-state index contributed by atoms with van der Waals surface area (Å²) in [4.78, 5) is 23.1. The number of carbonyl (C=O) groups is 1. The highest BCUT2D eigenvalue weighted by atomic mass is 32.1. The third-order valence-corrected chi connectivity index (χ3v) is 6.52. The van der Waals surface area contributed by atoms with Gasteiger partial charge in [-0.15, -0.1) is 0 Å². The maximum Gasteiger partial charge on any atom is 0.273 e. The first-order chi connectivity index (χ1) is 12.3. The minimum atomic E-state index is -0.474. The summed E-state index contributed by atoms with van der Waals surface area (Å²) in [6, 6.07) is 4.48. The van der Waals surface area contributed by atoms with Crippen LogP contribution in [0.5, 0.6) is 0 Å². The molecule has 0 spiro atoms. The van der Waals surface area contributed by atoms with Crippen LogP contribution in [0.1, 0.15) is 54.4 Å². The molecule has 4 aliphatic carbocycles. The number of carbonyl (C=O) groups excluding carboxylic acids is 1. The SMILES string of the molecule is Cc1ccc(C(=O)NC(=S)NC23CC4CC(CC(C4)C2)C3)cc1[N+](=O)[O-]. The molecular formula is C19H23N3O3S. The van der Waals surface area contributed by atoms with Gasteiger partial charge < -0.3 is 5.32 Å². The van der Waals surface area contributed by atoms with E-state index in [2.05, 4.69) is 10.6 Å². The van der Waals surface area contributed by atoms with E-state index in [4.69, 9.17) is 12.2 Å². The van der Waals surface area contributed by atoms with Gasteiger partial charge in [0.1, 0.15) is 0 Å². The lowest BCUT2D eigenvalue weighted by Crippen LogP contribution is -2.61. The number of rotatable bonds is 3. The van der Waals surface area contributed by atoms with Crippen molar-refractivity contribution in [2.45, 2.75) is 51.0 Å². The van der Waals surface area contributed by atoms with E-state index in [-0.39, 0.29) is 16.8 Å². The standard InChI is InChI=1S/C19H23N3O3S/c1-11-2-3-15(7-16(11)22(24)25)17(23)20-18(26)21-19-8-12-4-13(9-19)6-14(5-12)10-19/h2-3,7,12-14H,4-6,8-10H2,1H3,(H2,20,21,23,26). The Hall–Kier alpha value is -2.02. The van der Waals surface area contributed by atoms with Crippen LogP contribution in [0.25, 0.3) is 0 Å². The summed E-state index contributed by atoms with van der Waals surface area (Å²) in [7, 11) is 0. The Morgan fingerprint density at radius 3 is 2.31 bits per heavy atom. The molecule has 0 radical (unpaired) electrons. The Morgan fingerprint density at radius 2 is 1.77 bits per heavy atom. The molecule has 0 aliphatic heterocycles. The van der Waals surface area contributed by atoms with Crippen LogP contribution in [0, 0.1) is 34.8 Å². The summed E-state index contributed by atoms with van der Waals surface area (Å²) in [5.41, 5.74) is 0.744. The largest absolute Gasteiger partial charge is 0.357 e. The average molecular weight is 373 g/mol. The first kappa shape index (κ1) is 17.4. The molecule has 138 valence electrons. The van der Waals surface area contributed by atoms with Crippen LogP contribution in [0.15, 0.2) is 18.2 Å². The normalized spacial score (nSPS) is 31.5. The number of nitro groups is 1. The third-order valence-electron chi connectivity index (χ3n) is 6.31. The summed E-state index contributed by atoms with van der Waals surface area (Å²) in [5, 5.41) is 17.6. The summed E-state index contributed by atoms with van der Waals surface area (Å²) >= 11 is 5.40. The lowest BCUT2D eigenvalue weighted by molar-refractivity contribution is -0.385. The van der Waals surface area contributed by atoms with Crippen LogP contribution in [-0.2, 0) is 0 Å². The molecule has 0 aromatic heterocycles. The molecule has 0 saturated heterocycles. The molecule has 6 nitrogen and oxygen atoms in total. The van der Waals surface area contributed by atoms with E-state index in [0.717, 1.165) is 37.0 Å². The Morgan fingerprint density at radius 1 is 1.19 bits per heavy atom. The maximum atomic E-state index is 12.5. The molecule has 4 saturated carbocycles. The molecule has 1 aromatic rings. The van der Waals surface area contributed by atoms with Crippen molar-refractivity contribution in [2.75, 3.05) is 0 Å². The van der Waals surface area contributed by atoms with Gasteiger partial charge in [0.05, 0.1) is 4.92 Å². The second-order valence-electron chi connectivity index (χ2n) is 8.36. The highest BCUT2D eigenvalue weighted by Gasteiger charge is 2.51. The number of hydrogen-bond donors (Lipinski definition) is 2. The van der Waals surface area contributed by atoms with Gasteiger partial charge in [0.2, 0.25) is 0 Å². The Labute approximate surface area is 157 Å². The number of nitrogens with zero attached hydrogens (tertiary/aromatic N) is 1. The highest BCUT2D eigenvalue weighted by Crippen LogP contribution is 2.55. The Bertz CT molecular complexity index is 757. The Kier molecular flexibility index (Phi) is 4.22. The molecular weight excluding hydrogens is 350 g/mol. The molecule has 0 atom stereocenters. The highest BCUT2D eigenvalue weighted by molar-refractivity contribution is 7.80. The smallest absolute Gasteiger partial charge is 0.273 e. The van der Waals surface area contributed by atoms with Crippen LogP contribution < -0.4 is 10.6 Å². The molecule has 26 heavy (non-hydrogen) atoms. The van der Waals surface area contributed by atoms with E-state index in [1.807, 2.05) is 0 Å². The molecule has 7 heteroatoms. The topological polar surface area (TPSA) is 84.3 Å². The fourth-order valence-corrected chi connectivity index (χ4v) is 5.97. The van der Waals surface area contributed by atoms with Gasteiger partial charge >= 0.3 is 0 Å². The van der Waals surface area contributed by atoms with Gasteiger partial charge in [0.15, 0.2) is 5.11 Å². The predicted octanol–water partition coefficient (Wildman–Crippen LogP) is 3.48. The van der Waals surface area contributed by atoms with Crippen molar-refractivity contribution in [3.05, 3.63) is 39.4 Å². The number of nitro benzene ring substituents is 1. The number of nitrogens with one attached hydrogen (secondary N) is 2. The summed E-state index contributed by atoms with van der Waals surface area (Å²) < 4.78 is 0. The molecule has 4 bridgehead atoms. The van der Waals surface area contributed by atoms with Crippen molar-refractivity contribution in [1.29, 1.82) is 0 Å². The zero-order valence-corrected chi connectivity index (χ0v) is 15.6. The number of amides is 1.